The molecule has 1 atom stereocenters. The maximum absolute atomic E-state index is 12.4. The van der Waals surface area contributed by atoms with Crippen LogP contribution < -0.4 is 10.1 Å². The predicted octanol–water partition coefficient (Wildman–Crippen LogP) is 4.00. The third-order valence-electron chi connectivity index (χ3n) is 6.18. The van der Waals surface area contributed by atoms with E-state index in [-0.39, 0.29) is 29.8 Å². The van der Waals surface area contributed by atoms with Gasteiger partial charge in [-0.25, -0.2) is 0 Å². The van der Waals surface area contributed by atoms with Crippen LogP contribution in [0.3, 0.4) is 0 Å². The number of nitrogens with zero attached hydrogens (tertiary/aromatic N) is 1. The minimum atomic E-state index is -0.390. The summed E-state index contributed by atoms with van der Waals surface area (Å²) in [5.41, 5.74) is 0.531. The summed E-state index contributed by atoms with van der Waals surface area (Å²) in [6, 6.07) is 5.36. The van der Waals surface area contributed by atoms with E-state index in [1.165, 1.54) is 0 Å². The van der Waals surface area contributed by atoms with Crippen molar-refractivity contribution in [2.24, 2.45) is 5.92 Å². The summed E-state index contributed by atoms with van der Waals surface area (Å²) in [5.74, 6) is -0.512. The summed E-state index contributed by atoms with van der Waals surface area (Å²) in [4.78, 5) is 38.5. The van der Waals surface area contributed by atoms with Crippen molar-refractivity contribution in [2.45, 2.75) is 70.9 Å². The molecule has 0 radical (unpaired) electrons. The first-order chi connectivity index (χ1) is 14.4. The van der Waals surface area contributed by atoms with Gasteiger partial charge in [-0.15, -0.1) is 0 Å². The Morgan fingerprint density at radius 1 is 1.17 bits per heavy atom. The Morgan fingerprint density at radius 2 is 1.83 bits per heavy atom. The van der Waals surface area contributed by atoms with Crippen LogP contribution in [0.2, 0.25) is 5.02 Å². The van der Waals surface area contributed by atoms with Gasteiger partial charge in [0.15, 0.2) is 0 Å². The lowest BCUT2D eigenvalue weighted by Crippen LogP contribution is -2.45. The van der Waals surface area contributed by atoms with E-state index in [0.29, 0.717) is 48.7 Å². The van der Waals surface area contributed by atoms with Gasteiger partial charge in [0.25, 0.3) is 11.8 Å². The zero-order valence-electron chi connectivity index (χ0n) is 17.8. The minimum Gasteiger partial charge on any atom is -0.489 e. The van der Waals surface area contributed by atoms with E-state index in [1.54, 1.807) is 30.0 Å². The molecule has 1 heterocycles. The Morgan fingerprint density at radius 3 is 2.43 bits per heavy atom. The Hall–Kier alpha value is -2.08. The van der Waals surface area contributed by atoms with Crippen molar-refractivity contribution in [3.05, 3.63) is 28.8 Å². The highest BCUT2D eigenvalue weighted by atomic mass is 35.5. The highest BCUT2D eigenvalue weighted by molar-refractivity contribution is 6.36. The first-order valence-electron chi connectivity index (χ1n) is 11.0. The maximum atomic E-state index is 12.4. The molecule has 1 aromatic carbocycles. The number of ether oxygens (including phenoxy) is 1. The van der Waals surface area contributed by atoms with Crippen LogP contribution in [0.4, 0.5) is 0 Å². The van der Waals surface area contributed by atoms with Crippen molar-refractivity contribution in [2.75, 3.05) is 13.1 Å². The first kappa shape index (κ1) is 22.6. The van der Waals surface area contributed by atoms with E-state index in [1.807, 2.05) is 6.92 Å². The smallest absolute Gasteiger partial charge is 0.290 e. The molecule has 2 aliphatic rings. The largest absolute Gasteiger partial charge is 0.489 e. The van der Waals surface area contributed by atoms with Crippen LogP contribution in [0.15, 0.2) is 18.2 Å². The third-order valence-corrected chi connectivity index (χ3v) is 6.47. The number of hydrogen-bond acceptors (Lipinski definition) is 4. The number of rotatable bonds is 7. The Balaban J connectivity index is 1.51. The van der Waals surface area contributed by atoms with Crippen molar-refractivity contribution in [3.8, 4) is 5.75 Å². The second kappa shape index (κ2) is 10.3. The van der Waals surface area contributed by atoms with Gasteiger partial charge in [0.1, 0.15) is 11.9 Å². The molecule has 7 heteroatoms. The van der Waals surface area contributed by atoms with Gasteiger partial charge >= 0.3 is 0 Å². The number of carbonyl (C=O) groups excluding carboxylic acids is 3. The zero-order chi connectivity index (χ0) is 21.7. The van der Waals surface area contributed by atoms with E-state index in [9.17, 15) is 14.4 Å². The van der Waals surface area contributed by atoms with E-state index >= 15 is 0 Å². The fraction of sp³-hybridized carbons (Fsp3) is 0.609. The molecule has 6 nitrogen and oxygen atoms in total. The van der Waals surface area contributed by atoms with Crippen LogP contribution >= 0.6 is 11.6 Å². The van der Waals surface area contributed by atoms with Crippen LogP contribution in [0.1, 0.15) is 69.2 Å². The topological polar surface area (TPSA) is 75.7 Å². The monoisotopic (exact) mass is 434 g/mol. The van der Waals surface area contributed by atoms with Gasteiger partial charge in [-0.05, 0) is 37.5 Å². The molecule has 0 spiro atoms. The highest BCUT2D eigenvalue weighted by Gasteiger charge is 2.30. The summed E-state index contributed by atoms with van der Waals surface area (Å²) in [5, 5.41) is 3.46. The normalized spacial score (nSPS) is 18.8. The van der Waals surface area contributed by atoms with E-state index in [2.05, 4.69) is 5.32 Å². The molecule has 1 aliphatic heterocycles. The molecule has 1 saturated carbocycles. The van der Waals surface area contributed by atoms with Crippen LogP contribution in [0.25, 0.3) is 0 Å². The molecule has 1 aromatic rings. The molecule has 2 amide bonds. The van der Waals surface area contributed by atoms with Crippen LogP contribution in [-0.2, 0) is 9.59 Å². The molecule has 1 saturated heterocycles. The van der Waals surface area contributed by atoms with E-state index in [0.717, 1.165) is 25.7 Å². The summed E-state index contributed by atoms with van der Waals surface area (Å²) in [6.45, 7) is 4.68. The average molecular weight is 435 g/mol. The van der Waals surface area contributed by atoms with E-state index < -0.39 is 5.91 Å². The van der Waals surface area contributed by atoms with Gasteiger partial charge in [-0.1, -0.05) is 38.3 Å². The highest BCUT2D eigenvalue weighted by Crippen LogP contribution is 2.29. The zero-order valence-corrected chi connectivity index (χ0v) is 18.5. The van der Waals surface area contributed by atoms with Gasteiger partial charge in [0.05, 0.1) is 5.02 Å². The second-order valence-electron chi connectivity index (χ2n) is 8.38. The summed E-state index contributed by atoms with van der Waals surface area (Å²) in [6.07, 6.45) is 6.25. The van der Waals surface area contributed by atoms with Crippen LogP contribution in [0, 0.1) is 5.92 Å². The summed E-state index contributed by atoms with van der Waals surface area (Å²) in [7, 11) is 0. The number of amides is 2. The van der Waals surface area contributed by atoms with Crippen molar-refractivity contribution in [1.82, 2.24) is 10.2 Å². The fourth-order valence-corrected chi connectivity index (χ4v) is 4.21. The van der Waals surface area contributed by atoms with Gasteiger partial charge < -0.3 is 15.0 Å². The number of ketones is 1. The fourth-order valence-electron chi connectivity index (χ4n) is 3.98. The molecular weight excluding hydrogens is 404 g/mol. The number of Topliss-reactive ketones (excluding diaryl/α,β-unsaturated/α-hetero) is 1. The van der Waals surface area contributed by atoms with Crippen molar-refractivity contribution in [1.29, 1.82) is 0 Å². The number of likely N-dealkylation sites (tertiary alicyclic amines) is 1. The molecule has 2 fully saturated rings. The van der Waals surface area contributed by atoms with Gasteiger partial charge in [0, 0.05) is 43.5 Å². The average Bonchev–Trinajstić information content (AvgIpc) is 3.27. The Kier molecular flexibility index (Phi) is 7.75. The van der Waals surface area contributed by atoms with Gasteiger partial charge in [0.2, 0.25) is 5.78 Å². The molecule has 0 unspecified atom stereocenters. The third kappa shape index (κ3) is 5.54. The van der Waals surface area contributed by atoms with Gasteiger partial charge in [-0.2, -0.15) is 0 Å². The molecule has 30 heavy (non-hydrogen) atoms. The number of carbonyl (C=O) groups is 3. The molecule has 0 aromatic heterocycles. The number of halogens is 1. The number of benzene rings is 1. The maximum Gasteiger partial charge on any atom is 0.290 e. The van der Waals surface area contributed by atoms with Crippen LogP contribution in [0.5, 0.6) is 5.75 Å². The molecule has 1 aliphatic carbocycles. The predicted molar refractivity (Wildman–Crippen MR) is 116 cm³/mol. The Labute approximate surface area is 183 Å². The lowest BCUT2D eigenvalue weighted by molar-refractivity contribution is -0.147. The first-order valence-corrected chi connectivity index (χ1v) is 11.4. The second-order valence-corrected chi connectivity index (χ2v) is 8.79. The Bertz CT molecular complexity index is 783. The number of nitrogens with one attached hydrogen (secondary N) is 1. The van der Waals surface area contributed by atoms with Crippen molar-refractivity contribution in [3.63, 3.8) is 0 Å². The number of hydrogen-bond donors (Lipinski definition) is 1. The van der Waals surface area contributed by atoms with E-state index in [4.69, 9.17) is 16.3 Å². The molecule has 0 bridgehead atoms. The lowest BCUT2D eigenvalue weighted by atomic mass is 10.0. The number of piperidine rings is 1. The van der Waals surface area contributed by atoms with Crippen molar-refractivity contribution >= 4 is 29.2 Å². The lowest BCUT2D eigenvalue weighted by Gasteiger charge is -2.32. The minimum absolute atomic E-state index is 0.0802. The quantitative estimate of drug-likeness (QED) is 0.658. The van der Waals surface area contributed by atoms with Crippen LogP contribution in [-0.4, -0.2) is 47.7 Å². The molecule has 164 valence electrons. The summed E-state index contributed by atoms with van der Waals surface area (Å²) >= 11 is 6.37. The van der Waals surface area contributed by atoms with Crippen molar-refractivity contribution < 1.29 is 19.1 Å². The molecule has 3 rings (SSSR count). The SMILES string of the molecule is CC[C@H](C)C(=O)C(=O)N1CCC(Oc2ccc(C(=O)NC3CCCC3)cc2Cl)CC1. The summed E-state index contributed by atoms with van der Waals surface area (Å²) < 4.78 is 6.02. The molecular formula is C23H31ClN2O4. The standard InChI is InChI=1S/C23H31ClN2O4/c1-3-15(2)21(27)23(29)26-12-10-18(11-13-26)30-20-9-8-16(14-19(20)24)22(28)25-17-6-4-5-7-17/h8-9,14-15,17-18H,3-7,10-13H2,1-2H3,(H,25,28)/t15-/m0/s1. The van der Waals surface area contributed by atoms with Gasteiger partial charge in [-0.3, -0.25) is 14.4 Å². The molecule has 1 N–H and O–H groups in total.